The number of thiazole rings is 1. The van der Waals surface area contributed by atoms with Crippen molar-refractivity contribution in [2.45, 2.75) is 19.6 Å². The van der Waals surface area contributed by atoms with Gasteiger partial charge in [0.05, 0.1) is 6.54 Å². The minimum atomic E-state index is 0.619. The Labute approximate surface area is 134 Å². The van der Waals surface area contributed by atoms with Crippen LogP contribution in [0.15, 0.2) is 48.9 Å². The molecule has 0 unspecified atom stereocenters. The van der Waals surface area contributed by atoms with Crippen LogP contribution in [0, 0.1) is 0 Å². The maximum absolute atomic E-state index is 5.67. The summed E-state index contributed by atoms with van der Waals surface area (Å²) in [5.74, 6) is 1.06. The summed E-state index contributed by atoms with van der Waals surface area (Å²) >= 11 is 1.53. The number of hydrogen-bond donors (Lipinski definition) is 1. The highest BCUT2D eigenvalue weighted by atomic mass is 32.1. The highest BCUT2D eigenvalue weighted by Gasteiger charge is 2.09. The third-order valence-electron chi connectivity index (χ3n) is 3.41. The molecule has 2 heterocycles. The zero-order chi connectivity index (χ0) is 15.4. The summed E-state index contributed by atoms with van der Waals surface area (Å²) in [6, 6.07) is 10.4. The molecule has 5 nitrogen and oxygen atoms in total. The quantitative estimate of drug-likeness (QED) is 0.760. The van der Waals surface area contributed by atoms with Crippen molar-refractivity contribution in [2.24, 2.45) is 0 Å². The fraction of sp³-hybridized carbons (Fsp3) is 0.250. The predicted octanol–water partition coefficient (Wildman–Crippen LogP) is 2.60. The van der Waals surface area contributed by atoms with Crippen LogP contribution >= 0.6 is 11.3 Å². The molecule has 0 fully saturated rings. The summed E-state index contributed by atoms with van der Waals surface area (Å²) in [6.07, 6.45) is 5.73. The van der Waals surface area contributed by atoms with E-state index >= 15 is 0 Å². The third-order valence-corrected chi connectivity index (χ3v) is 4.22. The van der Waals surface area contributed by atoms with E-state index in [1.54, 1.807) is 0 Å². The van der Waals surface area contributed by atoms with Gasteiger partial charge in [-0.25, -0.2) is 9.97 Å². The van der Waals surface area contributed by atoms with Gasteiger partial charge in [0.1, 0.15) is 5.82 Å². The van der Waals surface area contributed by atoms with Crippen LogP contribution in [0.25, 0.3) is 0 Å². The van der Waals surface area contributed by atoms with Crippen molar-refractivity contribution in [3.8, 4) is 0 Å². The number of aromatic nitrogens is 3. The zero-order valence-corrected chi connectivity index (χ0v) is 13.3. The summed E-state index contributed by atoms with van der Waals surface area (Å²) < 4.78 is 2.19. The summed E-state index contributed by atoms with van der Waals surface area (Å²) in [7, 11) is 2.08. The molecule has 0 bridgehead atoms. The van der Waals surface area contributed by atoms with E-state index < -0.39 is 0 Å². The number of rotatable bonds is 6. The molecule has 0 radical (unpaired) electrons. The summed E-state index contributed by atoms with van der Waals surface area (Å²) in [6.45, 7) is 2.46. The Kier molecular flexibility index (Phi) is 4.50. The number of hydrogen-bond acceptors (Lipinski definition) is 5. The topological polar surface area (TPSA) is 60.0 Å². The first-order valence-electron chi connectivity index (χ1n) is 7.13. The van der Waals surface area contributed by atoms with Gasteiger partial charge in [-0.15, -0.1) is 11.3 Å². The van der Waals surface area contributed by atoms with Crippen LogP contribution in [0.3, 0.4) is 0 Å². The van der Waals surface area contributed by atoms with Gasteiger partial charge in [0.2, 0.25) is 0 Å². The molecule has 22 heavy (non-hydrogen) atoms. The number of nitrogens with two attached hydrogens (primary N) is 1. The SMILES string of the molecule is CN(Cc1cnc(N)s1)Cc1nccn1Cc1ccccc1. The first kappa shape index (κ1) is 14.7. The molecule has 3 rings (SSSR count). The minimum absolute atomic E-state index is 0.619. The molecule has 0 atom stereocenters. The summed E-state index contributed by atoms with van der Waals surface area (Å²) in [5.41, 5.74) is 6.95. The predicted molar refractivity (Wildman–Crippen MR) is 89.5 cm³/mol. The molecule has 114 valence electrons. The number of imidazole rings is 1. The molecule has 0 aliphatic carbocycles. The van der Waals surface area contributed by atoms with E-state index in [4.69, 9.17) is 5.73 Å². The molecule has 0 saturated carbocycles. The third kappa shape index (κ3) is 3.72. The fourth-order valence-corrected chi connectivity index (χ4v) is 3.14. The van der Waals surface area contributed by atoms with E-state index in [0.717, 1.165) is 25.5 Å². The van der Waals surface area contributed by atoms with Crippen LogP contribution in [0.2, 0.25) is 0 Å². The first-order valence-corrected chi connectivity index (χ1v) is 7.95. The van der Waals surface area contributed by atoms with Gasteiger partial charge in [-0.1, -0.05) is 30.3 Å². The number of nitrogens with zero attached hydrogens (tertiary/aromatic N) is 4. The maximum atomic E-state index is 5.67. The van der Waals surface area contributed by atoms with Crippen LogP contribution in [-0.2, 0) is 19.6 Å². The highest BCUT2D eigenvalue weighted by Crippen LogP contribution is 2.17. The number of nitrogen functional groups attached to an aromatic ring is 1. The van der Waals surface area contributed by atoms with Crippen LogP contribution in [0.4, 0.5) is 5.13 Å². The van der Waals surface area contributed by atoms with Gasteiger partial charge >= 0.3 is 0 Å². The monoisotopic (exact) mass is 313 g/mol. The largest absolute Gasteiger partial charge is 0.375 e. The highest BCUT2D eigenvalue weighted by molar-refractivity contribution is 7.15. The van der Waals surface area contributed by atoms with Gasteiger partial charge < -0.3 is 10.3 Å². The number of benzene rings is 1. The lowest BCUT2D eigenvalue weighted by atomic mass is 10.2. The average molecular weight is 313 g/mol. The van der Waals surface area contributed by atoms with Crippen LogP contribution < -0.4 is 5.73 Å². The lowest BCUT2D eigenvalue weighted by Gasteiger charge is -2.16. The van der Waals surface area contributed by atoms with Crippen molar-refractivity contribution in [1.82, 2.24) is 19.4 Å². The van der Waals surface area contributed by atoms with Crippen LogP contribution in [0.1, 0.15) is 16.3 Å². The van der Waals surface area contributed by atoms with E-state index in [0.29, 0.717) is 5.13 Å². The van der Waals surface area contributed by atoms with Crippen molar-refractivity contribution in [2.75, 3.05) is 12.8 Å². The van der Waals surface area contributed by atoms with Crippen molar-refractivity contribution in [3.05, 3.63) is 65.2 Å². The molecule has 0 saturated heterocycles. The van der Waals surface area contributed by atoms with Crippen molar-refractivity contribution in [3.63, 3.8) is 0 Å². The molecule has 0 aliphatic heterocycles. The molecular formula is C16H19N5S. The van der Waals surface area contributed by atoms with Crippen LogP contribution in [0.5, 0.6) is 0 Å². The molecule has 2 aromatic heterocycles. The molecular weight excluding hydrogens is 294 g/mol. The van der Waals surface area contributed by atoms with Gasteiger partial charge in [0, 0.05) is 36.6 Å². The van der Waals surface area contributed by atoms with Crippen molar-refractivity contribution in [1.29, 1.82) is 0 Å². The molecule has 0 spiro atoms. The Morgan fingerprint density at radius 3 is 2.73 bits per heavy atom. The second-order valence-corrected chi connectivity index (χ2v) is 6.44. The molecule has 0 amide bonds. The van der Waals surface area contributed by atoms with Gasteiger partial charge in [0.25, 0.3) is 0 Å². The maximum Gasteiger partial charge on any atom is 0.180 e. The Bertz CT molecular complexity index is 719. The molecule has 3 aromatic rings. The summed E-state index contributed by atoms with van der Waals surface area (Å²) in [5, 5.41) is 0.619. The van der Waals surface area contributed by atoms with Gasteiger partial charge in [-0.2, -0.15) is 0 Å². The first-order chi connectivity index (χ1) is 10.7. The van der Waals surface area contributed by atoms with Crippen molar-refractivity contribution >= 4 is 16.5 Å². The van der Waals surface area contributed by atoms with E-state index in [1.165, 1.54) is 21.8 Å². The molecule has 2 N–H and O–H groups in total. The van der Waals surface area contributed by atoms with Crippen molar-refractivity contribution < 1.29 is 0 Å². The second kappa shape index (κ2) is 6.72. The van der Waals surface area contributed by atoms with E-state index in [1.807, 2.05) is 24.7 Å². The fourth-order valence-electron chi connectivity index (χ4n) is 2.37. The van der Waals surface area contributed by atoms with Gasteiger partial charge in [0.15, 0.2) is 5.13 Å². The lowest BCUT2D eigenvalue weighted by Crippen LogP contribution is -2.19. The van der Waals surface area contributed by atoms with E-state index in [2.05, 4.69) is 50.7 Å². The Morgan fingerprint density at radius 1 is 1.18 bits per heavy atom. The smallest absolute Gasteiger partial charge is 0.180 e. The summed E-state index contributed by atoms with van der Waals surface area (Å²) in [4.78, 5) is 12.0. The second-order valence-electron chi connectivity index (χ2n) is 5.29. The zero-order valence-electron chi connectivity index (χ0n) is 12.5. The van der Waals surface area contributed by atoms with E-state index in [-0.39, 0.29) is 0 Å². The Morgan fingerprint density at radius 2 is 2.00 bits per heavy atom. The van der Waals surface area contributed by atoms with Gasteiger partial charge in [-0.3, -0.25) is 4.90 Å². The molecule has 0 aliphatic rings. The normalized spacial score (nSPS) is 11.2. The van der Waals surface area contributed by atoms with Crippen LogP contribution in [-0.4, -0.2) is 26.5 Å². The lowest BCUT2D eigenvalue weighted by molar-refractivity contribution is 0.308. The number of anilines is 1. The molecule has 6 heteroatoms. The Balaban J connectivity index is 1.64. The average Bonchev–Trinajstić information content (AvgIpc) is 3.10. The standard InChI is InChI=1S/C16H19N5S/c1-20(11-14-9-19-16(17)22-14)12-15-18-7-8-21(15)10-13-5-3-2-4-6-13/h2-9H,10-12H2,1H3,(H2,17,19). The van der Waals surface area contributed by atoms with Gasteiger partial charge in [-0.05, 0) is 12.6 Å². The van der Waals surface area contributed by atoms with E-state index in [9.17, 15) is 0 Å². The molecule has 1 aromatic carbocycles. The Hall–Kier alpha value is -2.18. The minimum Gasteiger partial charge on any atom is -0.375 e.